The van der Waals surface area contributed by atoms with Gasteiger partial charge >= 0.3 is 0 Å². The summed E-state index contributed by atoms with van der Waals surface area (Å²) in [6.45, 7) is 3.57. The Kier molecular flexibility index (Phi) is 3.76. The minimum absolute atomic E-state index is 0.0690. The molecule has 1 saturated carbocycles. The van der Waals surface area contributed by atoms with Gasteiger partial charge in [-0.15, -0.1) is 0 Å². The van der Waals surface area contributed by atoms with E-state index in [1.54, 1.807) is 0 Å². The monoisotopic (exact) mass is 261 g/mol. The zero-order valence-electron chi connectivity index (χ0n) is 11.6. The van der Waals surface area contributed by atoms with Crippen LogP contribution >= 0.6 is 0 Å². The number of nitrogens with two attached hydrogens (primary N) is 1. The number of para-hydroxylation sites is 1. The fourth-order valence-corrected chi connectivity index (χ4v) is 3.00. The predicted octanol–water partition coefficient (Wildman–Crippen LogP) is 2.83. The zero-order chi connectivity index (χ0) is 13.2. The second kappa shape index (κ2) is 5.51. The summed E-state index contributed by atoms with van der Waals surface area (Å²) in [6.07, 6.45) is 4.83. The summed E-state index contributed by atoms with van der Waals surface area (Å²) in [6, 6.07) is 6.28. The van der Waals surface area contributed by atoms with Crippen molar-refractivity contribution in [3.8, 4) is 5.75 Å². The van der Waals surface area contributed by atoms with Crippen molar-refractivity contribution in [2.24, 2.45) is 11.7 Å². The normalized spacial score (nSPS) is 21.4. The van der Waals surface area contributed by atoms with E-state index in [0.29, 0.717) is 5.92 Å². The van der Waals surface area contributed by atoms with Crippen LogP contribution in [0.25, 0.3) is 0 Å². The van der Waals surface area contributed by atoms with Crippen LogP contribution < -0.4 is 10.5 Å². The van der Waals surface area contributed by atoms with Gasteiger partial charge in [-0.05, 0) is 44.1 Å². The first kappa shape index (κ1) is 12.9. The van der Waals surface area contributed by atoms with E-state index in [1.807, 2.05) is 6.92 Å². The summed E-state index contributed by atoms with van der Waals surface area (Å²) >= 11 is 0. The molecule has 2 aliphatic rings. The van der Waals surface area contributed by atoms with Crippen molar-refractivity contribution in [1.82, 2.24) is 0 Å². The van der Waals surface area contributed by atoms with Crippen LogP contribution in [-0.4, -0.2) is 19.3 Å². The summed E-state index contributed by atoms with van der Waals surface area (Å²) in [4.78, 5) is 0. The quantitative estimate of drug-likeness (QED) is 0.886. The lowest BCUT2D eigenvalue weighted by Gasteiger charge is -2.28. The number of rotatable bonds is 5. The van der Waals surface area contributed by atoms with E-state index >= 15 is 0 Å². The third kappa shape index (κ3) is 2.63. The Bertz CT molecular complexity index is 442. The van der Waals surface area contributed by atoms with Crippen LogP contribution in [0.4, 0.5) is 0 Å². The summed E-state index contributed by atoms with van der Waals surface area (Å²) < 4.78 is 11.8. The van der Waals surface area contributed by atoms with Gasteiger partial charge in [0.15, 0.2) is 0 Å². The number of hydrogen-bond donors (Lipinski definition) is 1. The molecule has 0 saturated heterocycles. The molecule has 0 bridgehead atoms. The number of aryl methyl sites for hydroxylation is 1. The van der Waals surface area contributed by atoms with Gasteiger partial charge in [-0.25, -0.2) is 0 Å². The Morgan fingerprint density at radius 2 is 2.26 bits per heavy atom. The fraction of sp³-hybridized carbons (Fsp3) is 0.625. The topological polar surface area (TPSA) is 44.5 Å². The van der Waals surface area contributed by atoms with Crippen molar-refractivity contribution in [2.75, 3.05) is 13.2 Å². The summed E-state index contributed by atoms with van der Waals surface area (Å²) in [7, 11) is 0. The highest BCUT2D eigenvalue weighted by Gasteiger charge is 2.37. The van der Waals surface area contributed by atoms with Crippen molar-refractivity contribution in [1.29, 1.82) is 0 Å². The van der Waals surface area contributed by atoms with E-state index in [9.17, 15) is 0 Å². The predicted molar refractivity (Wildman–Crippen MR) is 75.3 cm³/mol. The molecule has 0 amide bonds. The third-order valence-electron chi connectivity index (χ3n) is 4.12. The van der Waals surface area contributed by atoms with E-state index in [-0.39, 0.29) is 12.1 Å². The van der Waals surface area contributed by atoms with Gasteiger partial charge in [0.1, 0.15) is 5.75 Å². The first-order chi connectivity index (χ1) is 9.31. The molecule has 1 aromatic rings. The minimum atomic E-state index is -0.0690. The third-order valence-corrected chi connectivity index (χ3v) is 4.12. The van der Waals surface area contributed by atoms with Crippen LogP contribution in [0.5, 0.6) is 5.75 Å². The van der Waals surface area contributed by atoms with Crippen molar-refractivity contribution in [2.45, 2.75) is 44.8 Å². The Hall–Kier alpha value is -1.06. The maximum Gasteiger partial charge on any atom is 0.127 e. The Labute approximate surface area is 115 Å². The molecule has 3 rings (SSSR count). The summed E-state index contributed by atoms with van der Waals surface area (Å²) in [5, 5.41) is 0. The van der Waals surface area contributed by atoms with Crippen LogP contribution in [0.15, 0.2) is 18.2 Å². The molecule has 1 heterocycles. The average Bonchev–Trinajstić information content (AvgIpc) is 3.28. The molecule has 3 heteroatoms. The van der Waals surface area contributed by atoms with Crippen LogP contribution in [0.1, 0.15) is 43.4 Å². The molecular formula is C16H23NO2. The molecule has 2 atom stereocenters. The van der Waals surface area contributed by atoms with E-state index in [0.717, 1.165) is 37.4 Å². The molecule has 0 aromatic heterocycles. The molecule has 2 unspecified atom stereocenters. The van der Waals surface area contributed by atoms with E-state index in [1.165, 1.54) is 18.4 Å². The molecule has 1 fully saturated rings. The first-order valence-electron chi connectivity index (χ1n) is 7.43. The van der Waals surface area contributed by atoms with Crippen LogP contribution in [0, 0.1) is 5.92 Å². The maximum absolute atomic E-state index is 6.49. The molecule has 2 N–H and O–H groups in total. The van der Waals surface area contributed by atoms with Gasteiger partial charge in [0.25, 0.3) is 0 Å². The van der Waals surface area contributed by atoms with Crippen LogP contribution in [0.3, 0.4) is 0 Å². The molecule has 0 spiro atoms. The van der Waals surface area contributed by atoms with Crippen LogP contribution in [0.2, 0.25) is 0 Å². The number of fused-ring (bicyclic) bond motifs is 1. The smallest absolute Gasteiger partial charge is 0.127 e. The standard InChI is InChI=1S/C16H23NO2/c1-2-18-16(12-8-9-12)14(17)13-7-3-5-11-6-4-10-19-15(11)13/h3,5,7,12,14,16H,2,4,6,8-10,17H2,1H3. The lowest BCUT2D eigenvalue weighted by molar-refractivity contribution is 0.0275. The molecule has 1 aromatic carbocycles. The molecule has 0 radical (unpaired) electrons. The van der Waals surface area contributed by atoms with Crippen molar-refractivity contribution < 1.29 is 9.47 Å². The van der Waals surface area contributed by atoms with Crippen molar-refractivity contribution in [3.63, 3.8) is 0 Å². The average molecular weight is 261 g/mol. The highest BCUT2D eigenvalue weighted by Crippen LogP contribution is 2.42. The van der Waals surface area contributed by atoms with Gasteiger partial charge in [-0.1, -0.05) is 18.2 Å². The maximum atomic E-state index is 6.49. The minimum Gasteiger partial charge on any atom is -0.493 e. The Morgan fingerprint density at radius 3 is 3.00 bits per heavy atom. The molecule has 19 heavy (non-hydrogen) atoms. The van der Waals surface area contributed by atoms with Gasteiger partial charge in [0.05, 0.1) is 18.8 Å². The zero-order valence-corrected chi connectivity index (χ0v) is 11.6. The van der Waals surface area contributed by atoms with Gasteiger partial charge in [-0.3, -0.25) is 0 Å². The second-order valence-electron chi connectivity index (χ2n) is 5.57. The van der Waals surface area contributed by atoms with Gasteiger partial charge in [0, 0.05) is 12.2 Å². The fourth-order valence-electron chi connectivity index (χ4n) is 3.00. The van der Waals surface area contributed by atoms with Crippen molar-refractivity contribution in [3.05, 3.63) is 29.3 Å². The lowest BCUT2D eigenvalue weighted by atomic mass is 9.94. The van der Waals surface area contributed by atoms with Gasteiger partial charge in [-0.2, -0.15) is 0 Å². The van der Waals surface area contributed by atoms with E-state index in [2.05, 4.69) is 18.2 Å². The lowest BCUT2D eigenvalue weighted by Crippen LogP contribution is -2.31. The Balaban J connectivity index is 1.87. The molecule has 104 valence electrons. The highest BCUT2D eigenvalue weighted by atomic mass is 16.5. The van der Waals surface area contributed by atoms with Gasteiger partial charge < -0.3 is 15.2 Å². The van der Waals surface area contributed by atoms with Crippen molar-refractivity contribution >= 4 is 0 Å². The number of benzene rings is 1. The SMILES string of the molecule is CCOC(C1CC1)C(N)c1cccc2c1OCCC2. The first-order valence-corrected chi connectivity index (χ1v) is 7.43. The second-order valence-corrected chi connectivity index (χ2v) is 5.57. The summed E-state index contributed by atoms with van der Waals surface area (Å²) in [5.41, 5.74) is 8.91. The molecular weight excluding hydrogens is 238 g/mol. The highest BCUT2D eigenvalue weighted by molar-refractivity contribution is 5.45. The molecule has 1 aliphatic carbocycles. The van der Waals surface area contributed by atoms with Crippen LogP contribution in [-0.2, 0) is 11.2 Å². The van der Waals surface area contributed by atoms with E-state index < -0.39 is 0 Å². The van der Waals surface area contributed by atoms with Gasteiger partial charge in [0.2, 0.25) is 0 Å². The van der Waals surface area contributed by atoms with E-state index in [4.69, 9.17) is 15.2 Å². The Morgan fingerprint density at radius 1 is 1.42 bits per heavy atom. The number of hydrogen-bond acceptors (Lipinski definition) is 3. The number of ether oxygens (including phenoxy) is 2. The summed E-state index contributed by atoms with van der Waals surface area (Å²) in [5.74, 6) is 1.65. The molecule has 1 aliphatic heterocycles. The largest absolute Gasteiger partial charge is 0.493 e. The molecule has 3 nitrogen and oxygen atoms in total.